The maximum absolute atomic E-state index is 11.9. The van der Waals surface area contributed by atoms with Gasteiger partial charge in [-0.2, -0.15) is 0 Å². The number of rotatable bonds is 3. The summed E-state index contributed by atoms with van der Waals surface area (Å²) in [5.74, 6) is -0.276. The highest BCUT2D eigenvalue weighted by atomic mass is 16.1. The first kappa shape index (κ1) is 13.1. The van der Waals surface area contributed by atoms with Crippen LogP contribution in [0.3, 0.4) is 0 Å². The second-order valence-electron chi connectivity index (χ2n) is 5.20. The van der Waals surface area contributed by atoms with Crippen molar-refractivity contribution in [3.63, 3.8) is 0 Å². The van der Waals surface area contributed by atoms with Crippen molar-refractivity contribution in [1.29, 1.82) is 0 Å². The van der Waals surface area contributed by atoms with Crippen LogP contribution in [0.2, 0.25) is 0 Å². The first-order valence-corrected chi connectivity index (χ1v) is 6.98. The van der Waals surface area contributed by atoms with E-state index >= 15 is 0 Å². The molecular weight excluding hydrogens is 250 g/mol. The van der Waals surface area contributed by atoms with Gasteiger partial charge in [0.05, 0.1) is 0 Å². The second kappa shape index (κ2) is 5.61. The lowest BCUT2D eigenvalue weighted by atomic mass is 10.00. The molecule has 104 valence electrons. The van der Waals surface area contributed by atoms with Crippen molar-refractivity contribution < 1.29 is 4.79 Å². The average molecular weight is 269 g/mol. The van der Waals surface area contributed by atoms with E-state index in [1.807, 2.05) is 18.2 Å². The van der Waals surface area contributed by atoms with Gasteiger partial charge >= 0.3 is 0 Å². The molecule has 0 spiro atoms. The van der Waals surface area contributed by atoms with Crippen LogP contribution in [0, 0.1) is 0 Å². The molecule has 0 aromatic heterocycles. The van der Waals surface area contributed by atoms with Gasteiger partial charge in [0.25, 0.3) is 0 Å². The van der Waals surface area contributed by atoms with E-state index in [1.54, 1.807) is 0 Å². The Bertz CT molecular complexity index is 620. The van der Waals surface area contributed by atoms with Gasteiger partial charge in [-0.05, 0) is 22.4 Å². The molecule has 0 radical (unpaired) electrons. The molecule has 1 fully saturated rings. The quantitative estimate of drug-likeness (QED) is 0.882. The molecule has 0 bridgehead atoms. The number of nitrogens with two attached hydrogens (primary N) is 1. The number of hydrogen-bond acceptors (Lipinski definition) is 3. The fourth-order valence-electron chi connectivity index (χ4n) is 2.87. The van der Waals surface area contributed by atoms with Gasteiger partial charge in [0.1, 0.15) is 6.04 Å². The van der Waals surface area contributed by atoms with Gasteiger partial charge in [-0.25, -0.2) is 0 Å². The summed E-state index contributed by atoms with van der Waals surface area (Å²) < 4.78 is 0. The average Bonchev–Trinajstić information content (AvgIpc) is 2.48. The van der Waals surface area contributed by atoms with Crippen LogP contribution in [0.4, 0.5) is 0 Å². The molecule has 4 heteroatoms. The largest absolute Gasteiger partial charge is 0.368 e. The number of carbonyl (C=O) groups is 1. The Hall–Kier alpha value is -1.91. The summed E-state index contributed by atoms with van der Waals surface area (Å²) in [5, 5.41) is 5.62. The summed E-state index contributed by atoms with van der Waals surface area (Å²) in [6.45, 7) is 3.50. The number of nitrogens with zero attached hydrogens (tertiary/aromatic N) is 1. The highest BCUT2D eigenvalue weighted by Gasteiger charge is 2.26. The molecule has 1 heterocycles. The summed E-state index contributed by atoms with van der Waals surface area (Å²) in [6.07, 6.45) is 0. The first-order valence-electron chi connectivity index (χ1n) is 6.98. The number of nitrogens with one attached hydrogen (secondary N) is 1. The summed E-state index contributed by atoms with van der Waals surface area (Å²) >= 11 is 0. The van der Waals surface area contributed by atoms with Crippen molar-refractivity contribution in [2.24, 2.45) is 5.73 Å². The monoisotopic (exact) mass is 269 g/mol. The zero-order valence-electron chi connectivity index (χ0n) is 11.4. The van der Waals surface area contributed by atoms with Crippen molar-refractivity contribution in [3.05, 3.63) is 48.0 Å². The Balaban J connectivity index is 1.98. The van der Waals surface area contributed by atoms with Crippen LogP contribution in [-0.4, -0.2) is 37.0 Å². The fourth-order valence-corrected chi connectivity index (χ4v) is 2.87. The highest BCUT2D eigenvalue weighted by molar-refractivity contribution is 5.86. The topological polar surface area (TPSA) is 58.4 Å². The molecule has 1 unspecified atom stereocenters. The molecule has 1 saturated heterocycles. The summed E-state index contributed by atoms with van der Waals surface area (Å²) in [4.78, 5) is 14.1. The van der Waals surface area contributed by atoms with Crippen molar-refractivity contribution >= 4 is 16.7 Å². The van der Waals surface area contributed by atoms with Crippen molar-refractivity contribution in [2.45, 2.75) is 6.04 Å². The Morgan fingerprint density at radius 1 is 1.10 bits per heavy atom. The van der Waals surface area contributed by atoms with Crippen molar-refractivity contribution in [2.75, 3.05) is 26.2 Å². The molecule has 3 rings (SSSR count). The Labute approximate surface area is 118 Å². The third-order valence-electron chi connectivity index (χ3n) is 3.88. The zero-order valence-corrected chi connectivity index (χ0v) is 11.4. The Morgan fingerprint density at radius 2 is 1.80 bits per heavy atom. The molecule has 20 heavy (non-hydrogen) atoms. The standard InChI is InChI=1S/C16H19N3O/c17-16(20)15(19-9-7-18-8-10-19)14-6-5-12-3-1-2-4-13(12)11-14/h1-6,11,15,18H,7-10H2,(H2,17,20). The fraction of sp³-hybridized carbons (Fsp3) is 0.312. The first-order chi connectivity index (χ1) is 9.75. The van der Waals surface area contributed by atoms with Crippen LogP contribution < -0.4 is 11.1 Å². The van der Waals surface area contributed by atoms with Gasteiger partial charge in [-0.15, -0.1) is 0 Å². The van der Waals surface area contributed by atoms with E-state index in [1.165, 1.54) is 5.39 Å². The van der Waals surface area contributed by atoms with Crippen molar-refractivity contribution in [3.8, 4) is 0 Å². The molecule has 1 atom stereocenters. The number of carbonyl (C=O) groups excluding carboxylic acids is 1. The van der Waals surface area contributed by atoms with Crippen LogP contribution >= 0.6 is 0 Å². The number of fused-ring (bicyclic) bond motifs is 1. The third-order valence-corrected chi connectivity index (χ3v) is 3.88. The number of piperazine rings is 1. The Morgan fingerprint density at radius 3 is 2.50 bits per heavy atom. The van der Waals surface area contributed by atoms with Gasteiger partial charge in [0.2, 0.25) is 5.91 Å². The van der Waals surface area contributed by atoms with Gasteiger partial charge in [0, 0.05) is 26.2 Å². The zero-order chi connectivity index (χ0) is 13.9. The highest BCUT2D eigenvalue weighted by Crippen LogP contribution is 2.25. The summed E-state index contributed by atoms with van der Waals surface area (Å²) in [7, 11) is 0. The maximum Gasteiger partial charge on any atom is 0.239 e. The third kappa shape index (κ3) is 2.53. The van der Waals surface area contributed by atoms with E-state index in [2.05, 4.69) is 34.5 Å². The van der Waals surface area contributed by atoms with Crippen LogP contribution in [0.25, 0.3) is 10.8 Å². The smallest absolute Gasteiger partial charge is 0.239 e. The maximum atomic E-state index is 11.9. The van der Waals surface area contributed by atoms with Gasteiger partial charge in [0.15, 0.2) is 0 Å². The van der Waals surface area contributed by atoms with E-state index in [9.17, 15) is 4.79 Å². The molecule has 2 aromatic carbocycles. The van der Waals surface area contributed by atoms with E-state index < -0.39 is 0 Å². The Kier molecular flexibility index (Phi) is 3.67. The normalized spacial score (nSPS) is 18.0. The van der Waals surface area contributed by atoms with Crippen LogP contribution in [-0.2, 0) is 4.79 Å². The van der Waals surface area contributed by atoms with Gasteiger partial charge in [-0.1, -0.05) is 36.4 Å². The van der Waals surface area contributed by atoms with Crippen LogP contribution in [0.5, 0.6) is 0 Å². The lowest BCUT2D eigenvalue weighted by molar-refractivity contribution is -0.123. The van der Waals surface area contributed by atoms with E-state index in [0.29, 0.717) is 0 Å². The van der Waals surface area contributed by atoms with Crippen LogP contribution in [0.15, 0.2) is 42.5 Å². The number of hydrogen-bond donors (Lipinski definition) is 2. The number of benzene rings is 2. The van der Waals surface area contributed by atoms with E-state index in [-0.39, 0.29) is 11.9 Å². The lowest BCUT2D eigenvalue weighted by Crippen LogP contribution is -2.48. The molecule has 1 aliphatic rings. The molecule has 0 saturated carbocycles. The van der Waals surface area contributed by atoms with Gasteiger partial charge in [-0.3, -0.25) is 9.69 Å². The molecule has 1 aliphatic heterocycles. The van der Waals surface area contributed by atoms with Crippen molar-refractivity contribution in [1.82, 2.24) is 10.2 Å². The predicted molar refractivity (Wildman–Crippen MR) is 80.3 cm³/mol. The molecule has 0 aliphatic carbocycles. The van der Waals surface area contributed by atoms with Gasteiger partial charge < -0.3 is 11.1 Å². The summed E-state index contributed by atoms with van der Waals surface area (Å²) in [5.41, 5.74) is 6.63. The minimum atomic E-state index is -0.332. The molecule has 2 aromatic rings. The summed E-state index contributed by atoms with van der Waals surface area (Å²) in [6, 6.07) is 14.0. The van der Waals surface area contributed by atoms with Crippen LogP contribution in [0.1, 0.15) is 11.6 Å². The van der Waals surface area contributed by atoms with E-state index in [4.69, 9.17) is 5.73 Å². The number of amides is 1. The predicted octanol–water partition coefficient (Wildman–Crippen LogP) is 1.27. The molecule has 3 N–H and O–H groups in total. The minimum absolute atomic E-state index is 0.276. The lowest BCUT2D eigenvalue weighted by Gasteiger charge is -2.33. The SMILES string of the molecule is NC(=O)C(c1ccc2ccccc2c1)N1CCNCC1. The second-order valence-corrected chi connectivity index (χ2v) is 5.20. The van der Waals surface area contributed by atoms with E-state index in [0.717, 1.165) is 37.1 Å². The molecular formula is C16H19N3O. The minimum Gasteiger partial charge on any atom is -0.368 e. The molecule has 4 nitrogen and oxygen atoms in total. The number of primary amides is 1. The molecule has 1 amide bonds.